The number of para-hydroxylation sites is 1. The molecule has 0 spiro atoms. The molecule has 2 heterocycles. The third-order valence-electron chi connectivity index (χ3n) is 5.85. The fourth-order valence-electron chi connectivity index (χ4n) is 4.04. The highest BCUT2D eigenvalue weighted by Crippen LogP contribution is 2.23. The fraction of sp³-hybridized carbons (Fsp3) is 0.360. The summed E-state index contributed by atoms with van der Waals surface area (Å²) >= 11 is 0. The molecule has 2 aromatic carbocycles. The highest BCUT2D eigenvalue weighted by Gasteiger charge is 2.36. The monoisotopic (exact) mass is 465 g/mol. The minimum Gasteiger partial charge on any atom is -0.354 e. The lowest BCUT2D eigenvalue weighted by molar-refractivity contribution is -0.126. The molecule has 0 unspecified atom stereocenters. The predicted octanol–water partition coefficient (Wildman–Crippen LogP) is 2.37. The van der Waals surface area contributed by atoms with E-state index in [9.17, 15) is 18.8 Å². The Balaban J connectivity index is 1.58. The van der Waals surface area contributed by atoms with E-state index >= 15 is 0 Å². The van der Waals surface area contributed by atoms with Gasteiger partial charge >= 0.3 is 0 Å². The normalized spacial score (nSPS) is 16.8. The summed E-state index contributed by atoms with van der Waals surface area (Å²) in [5, 5.41) is 13.6. The lowest BCUT2D eigenvalue weighted by Gasteiger charge is -2.31. The predicted molar refractivity (Wildman–Crippen MR) is 126 cm³/mol. The van der Waals surface area contributed by atoms with Gasteiger partial charge in [-0.3, -0.25) is 19.1 Å². The molecule has 3 N–H and O–H groups in total. The van der Waals surface area contributed by atoms with Crippen molar-refractivity contribution in [3.63, 3.8) is 0 Å². The smallest absolute Gasteiger partial charge is 0.273 e. The summed E-state index contributed by atoms with van der Waals surface area (Å²) in [7, 11) is 0. The first-order chi connectivity index (χ1) is 16.1. The van der Waals surface area contributed by atoms with Gasteiger partial charge in [-0.15, -0.1) is 0 Å². The minimum atomic E-state index is -0.836. The average Bonchev–Trinajstić information content (AvgIpc) is 3.36. The molecule has 3 amide bonds. The molecule has 8 nitrogen and oxygen atoms in total. The van der Waals surface area contributed by atoms with E-state index in [0.29, 0.717) is 18.5 Å². The molecule has 0 saturated carbocycles. The molecule has 1 fully saturated rings. The van der Waals surface area contributed by atoms with Gasteiger partial charge in [-0.05, 0) is 29.2 Å². The van der Waals surface area contributed by atoms with Crippen LogP contribution in [0.1, 0.15) is 43.2 Å². The Bertz CT molecular complexity index is 1230. The van der Waals surface area contributed by atoms with Gasteiger partial charge < -0.3 is 16.0 Å². The van der Waals surface area contributed by atoms with Crippen LogP contribution in [0.2, 0.25) is 0 Å². The van der Waals surface area contributed by atoms with E-state index in [1.54, 1.807) is 22.9 Å². The second-order valence-electron chi connectivity index (χ2n) is 9.64. The fourth-order valence-corrected chi connectivity index (χ4v) is 4.04. The summed E-state index contributed by atoms with van der Waals surface area (Å²) in [5.74, 6) is -1.25. The lowest BCUT2D eigenvalue weighted by atomic mass is 9.85. The van der Waals surface area contributed by atoms with Crippen LogP contribution in [0.25, 0.3) is 10.9 Å². The van der Waals surface area contributed by atoms with Crippen molar-refractivity contribution in [2.24, 2.45) is 5.41 Å². The molecule has 0 aliphatic carbocycles. The number of fused-ring (bicyclic) bond motifs is 1. The largest absolute Gasteiger partial charge is 0.354 e. The number of hydrogen-bond acceptors (Lipinski definition) is 4. The third kappa shape index (κ3) is 5.08. The number of hydrogen-bond donors (Lipinski definition) is 3. The van der Waals surface area contributed by atoms with Crippen LogP contribution < -0.4 is 16.0 Å². The van der Waals surface area contributed by atoms with Crippen molar-refractivity contribution >= 4 is 28.6 Å². The topological polar surface area (TPSA) is 105 Å². The Morgan fingerprint density at radius 2 is 1.88 bits per heavy atom. The molecule has 4 rings (SSSR count). The van der Waals surface area contributed by atoms with E-state index in [0.717, 1.165) is 11.1 Å². The Morgan fingerprint density at radius 3 is 2.53 bits per heavy atom. The lowest BCUT2D eigenvalue weighted by Crippen LogP contribution is -2.55. The summed E-state index contributed by atoms with van der Waals surface area (Å²) in [4.78, 5) is 37.9. The summed E-state index contributed by atoms with van der Waals surface area (Å²) in [6, 6.07) is 12.3. The number of carbonyl (C=O) groups is 3. The Morgan fingerprint density at radius 1 is 1.18 bits per heavy atom. The van der Waals surface area contributed by atoms with Gasteiger partial charge in [0.2, 0.25) is 11.8 Å². The first-order valence-corrected chi connectivity index (χ1v) is 11.2. The molecular weight excluding hydrogens is 437 g/mol. The Kier molecular flexibility index (Phi) is 6.37. The van der Waals surface area contributed by atoms with Gasteiger partial charge in [0, 0.05) is 18.4 Å². The van der Waals surface area contributed by atoms with Gasteiger partial charge in [0.1, 0.15) is 11.9 Å². The number of nitrogens with zero attached hydrogens (tertiary/aromatic N) is 2. The molecule has 34 heavy (non-hydrogen) atoms. The second kappa shape index (κ2) is 9.24. The van der Waals surface area contributed by atoms with Crippen molar-refractivity contribution in [1.29, 1.82) is 0 Å². The van der Waals surface area contributed by atoms with E-state index in [4.69, 9.17) is 0 Å². The van der Waals surface area contributed by atoms with Crippen molar-refractivity contribution in [2.75, 3.05) is 6.54 Å². The molecule has 1 aromatic heterocycles. The van der Waals surface area contributed by atoms with Crippen LogP contribution in [0.15, 0.2) is 48.5 Å². The number of benzene rings is 2. The quantitative estimate of drug-likeness (QED) is 0.520. The van der Waals surface area contributed by atoms with Crippen molar-refractivity contribution in [1.82, 2.24) is 25.7 Å². The van der Waals surface area contributed by atoms with Crippen LogP contribution in [0.5, 0.6) is 0 Å². The molecule has 2 atom stereocenters. The van der Waals surface area contributed by atoms with Crippen molar-refractivity contribution in [2.45, 2.75) is 45.8 Å². The summed E-state index contributed by atoms with van der Waals surface area (Å²) in [6.07, 6.45) is 0.217. The van der Waals surface area contributed by atoms with E-state index in [1.165, 1.54) is 12.1 Å². The van der Waals surface area contributed by atoms with Crippen LogP contribution >= 0.6 is 0 Å². The third-order valence-corrected chi connectivity index (χ3v) is 5.85. The van der Waals surface area contributed by atoms with Crippen LogP contribution in [0.4, 0.5) is 4.39 Å². The molecule has 178 valence electrons. The molecule has 1 saturated heterocycles. The molecule has 0 radical (unpaired) electrons. The molecule has 1 aliphatic rings. The minimum absolute atomic E-state index is 0.111. The second-order valence-corrected chi connectivity index (χ2v) is 9.64. The van der Waals surface area contributed by atoms with Gasteiger partial charge in [-0.1, -0.05) is 51.1 Å². The maximum absolute atomic E-state index is 13.3. The number of aromatic nitrogens is 2. The zero-order valence-electron chi connectivity index (χ0n) is 19.4. The first kappa shape index (κ1) is 23.4. The maximum Gasteiger partial charge on any atom is 0.273 e. The Labute approximate surface area is 196 Å². The SMILES string of the molecule is CC(C)(C)[C@H](NC(=O)c1nn(Cc2ccc(F)cc2)c2ccccc12)C(=O)N[C@@H]1CNC(=O)C1. The van der Waals surface area contributed by atoms with Gasteiger partial charge in [0.05, 0.1) is 18.1 Å². The number of halogens is 1. The highest BCUT2D eigenvalue weighted by molar-refractivity contribution is 6.06. The molecule has 3 aromatic rings. The van der Waals surface area contributed by atoms with Crippen LogP contribution in [0.3, 0.4) is 0 Å². The first-order valence-electron chi connectivity index (χ1n) is 11.2. The van der Waals surface area contributed by atoms with Crippen molar-refractivity contribution in [3.8, 4) is 0 Å². The molecule has 1 aliphatic heterocycles. The average molecular weight is 466 g/mol. The van der Waals surface area contributed by atoms with E-state index < -0.39 is 17.4 Å². The highest BCUT2D eigenvalue weighted by atomic mass is 19.1. The van der Waals surface area contributed by atoms with Crippen molar-refractivity contribution in [3.05, 3.63) is 65.6 Å². The van der Waals surface area contributed by atoms with E-state index in [1.807, 2.05) is 39.0 Å². The standard InChI is InChI=1S/C25H28FN5O3/c1-25(2,3)22(24(34)28-17-12-20(32)27-13-17)29-23(33)21-18-6-4-5-7-19(18)31(30-21)14-15-8-10-16(26)11-9-15/h4-11,17,22H,12-14H2,1-3H3,(H,27,32)(H,28,34)(H,29,33)/t17-,22+/m0/s1. The number of amides is 3. The van der Waals surface area contributed by atoms with Crippen LogP contribution in [-0.2, 0) is 16.1 Å². The molecular formula is C25H28FN5O3. The van der Waals surface area contributed by atoms with Crippen LogP contribution in [0, 0.1) is 11.2 Å². The number of carbonyl (C=O) groups excluding carboxylic acids is 3. The summed E-state index contributed by atoms with van der Waals surface area (Å²) < 4.78 is 15.0. The zero-order valence-corrected chi connectivity index (χ0v) is 19.4. The molecule has 9 heteroatoms. The Hall–Kier alpha value is -3.75. The summed E-state index contributed by atoms with van der Waals surface area (Å²) in [6.45, 7) is 6.32. The van der Waals surface area contributed by atoms with E-state index in [2.05, 4.69) is 21.0 Å². The number of nitrogens with one attached hydrogen (secondary N) is 3. The summed E-state index contributed by atoms with van der Waals surface area (Å²) in [5.41, 5.74) is 1.22. The van der Waals surface area contributed by atoms with Crippen LogP contribution in [-0.4, -0.2) is 46.1 Å². The van der Waals surface area contributed by atoms with Crippen molar-refractivity contribution < 1.29 is 18.8 Å². The van der Waals surface area contributed by atoms with Gasteiger partial charge in [-0.25, -0.2) is 4.39 Å². The van der Waals surface area contributed by atoms with Gasteiger partial charge in [-0.2, -0.15) is 5.10 Å². The van der Waals surface area contributed by atoms with E-state index in [-0.39, 0.29) is 35.8 Å². The maximum atomic E-state index is 13.3. The zero-order chi connectivity index (χ0) is 24.5. The number of rotatable bonds is 6. The van der Waals surface area contributed by atoms with Gasteiger partial charge in [0.15, 0.2) is 5.69 Å². The molecule has 0 bridgehead atoms. The van der Waals surface area contributed by atoms with Gasteiger partial charge in [0.25, 0.3) is 5.91 Å².